The number of hydrogen-bond acceptors (Lipinski definition) is 8. The summed E-state index contributed by atoms with van der Waals surface area (Å²) >= 11 is 4.51. The van der Waals surface area contributed by atoms with E-state index in [9.17, 15) is 19.6 Å². The Balaban J connectivity index is 2.42. The van der Waals surface area contributed by atoms with Gasteiger partial charge >= 0.3 is 11.9 Å². The van der Waals surface area contributed by atoms with Crippen molar-refractivity contribution in [2.24, 2.45) is 0 Å². The SMILES string of the molecule is CCOC(=O)c1sc(CC(=O)/C(C#N)=C/c2ccc(N(C)C)c(Br)c2)c(C(=O)OCC)c1C. The maximum atomic E-state index is 13.0. The Labute approximate surface area is 205 Å². The Bertz CT molecular complexity index is 1140. The van der Waals surface area contributed by atoms with Gasteiger partial charge in [0.2, 0.25) is 0 Å². The third kappa shape index (κ3) is 6.30. The van der Waals surface area contributed by atoms with E-state index in [0.717, 1.165) is 21.5 Å². The van der Waals surface area contributed by atoms with Gasteiger partial charge in [0.15, 0.2) is 5.78 Å². The van der Waals surface area contributed by atoms with Crippen molar-refractivity contribution in [3.63, 3.8) is 0 Å². The van der Waals surface area contributed by atoms with Crippen LogP contribution in [0.15, 0.2) is 28.2 Å². The Hall–Kier alpha value is -2.96. The number of benzene rings is 1. The molecule has 0 fully saturated rings. The molecule has 0 N–H and O–H groups in total. The van der Waals surface area contributed by atoms with Gasteiger partial charge in [0, 0.05) is 29.9 Å². The van der Waals surface area contributed by atoms with Crippen molar-refractivity contribution in [2.75, 3.05) is 32.2 Å². The number of rotatable bonds is 9. The van der Waals surface area contributed by atoms with Crippen LogP contribution in [0.1, 0.15) is 49.9 Å². The monoisotopic (exact) mass is 532 g/mol. The summed E-state index contributed by atoms with van der Waals surface area (Å²) in [5.41, 5.74) is 2.16. The molecule has 0 aliphatic heterocycles. The highest BCUT2D eigenvalue weighted by Crippen LogP contribution is 2.31. The third-order valence-corrected chi connectivity index (χ3v) is 6.57. The van der Waals surface area contributed by atoms with Gasteiger partial charge in [0.05, 0.1) is 30.0 Å². The minimum absolute atomic E-state index is 0.0574. The van der Waals surface area contributed by atoms with Gasteiger partial charge in [-0.3, -0.25) is 4.79 Å². The van der Waals surface area contributed by atoms with Crippen LogP contribution in [0.4, 0.5) is 5.69 Å². The molecule has 7 nitrogen and oxygen atoms in total. The molecule has 0 unspecified atom stereocenters. The first kappa shape index (κ1) is 26.3. The number of Topliss-reactive ketones (excluding diaryl/α,β-unsaturated/α-hetero) is 1. The molecular formula is C24H25BrN2O5S. The average molecular weight is 533 g/mol. The summed E-state index contributed by atoms with van der Waals surface area (Å²) in [7, 11) is 3.82. The highest BCUT2D eigenvalue weighted by Gasteiger charge is 2.28. The number of carbonyl (C=O) groups is 3. The minimum atomic E-state index is -0.615. The highest BCUT2D eigenvalue weighted by atomic mass is 79.9. The van der Waals surface area contributed by atoms with Crippen LogP contribution in [-0.2, 0) is 20.7 Å². The Morgan fingerprint density at radius 2 is 1.79 bits per heavy atom. The number of ketones is 1. The molecular weight excluding hydrogens is 508 g/mol. The number of nitrogens with zero attached hydrogens (tertiary/aromatic N) is 2. The molecule has 0 spiro atoms. The van der Waals surface area contributed by atoms with Crippen molar-refractivity contribution in [1.29, 1.82) is 5.26 Å². The zero-order valence-electron chi connectivity index (χ0n) is 19.2. The Morgan fingerprint density at radius 1 is 1.15 bits per heavy atom. The molecule has 0 saturated carbocycles. The maximum absolute atomic E-state index is 13.0. The first-order valence-electron chi connectivity index (χ1n) is 10.2. The lowest BCUT2D eigenvalue weighted by atomic mass is 10.0. The van der Waals surface area contributed by atoms with Crippen molar-refractivity contribution in [2.45, 2.75) is 27.2 Å². The summed E-state index contributed by atoms with van der Waals surface area (Å²) in [6.45, 7) is 5.31. The van der Waals surface area contributed by atoms with Crippen molar-refractivity contribution in [3.8, 4) is 6.07 Å². The number of halogens is 1. The van der Waals surface area contributed by atoms with Crippen LogP contribution in [0, 0.1) is 18.3 Å². The first-order chi connectivity index (χ1) is 15.6. The first-order valence-corrected chi connectivity index (χ1v) is 11.8. The summed E-state index contributed by atoms with van der Waals surface area (Å²) in [5, 5.41) is 9.61. The van der Waals surface area contributed by atoms with Gasteiger partial charge in [-0.05, 0) is 66.0 Å². The van der Waals surface area contributed by atoms with E-state index in [-0.39, 0.29) is 35.6 Å². The Kier molecular flexibility index (Phi) is 9.38. The van der Waals surface area contributed by atoms with Gasteiger partial charge in [-0.1, -0.05) is 6.07 Å². The van der Waals surface area contributed by atoms with Crippen molar-refractivity contribution in [3.05, 3.63) is 54.7 Å². The van der Waals surface area contributed by atoms with E-state index in [1.807, 2.05) is 43.3 Å². The molecule has 174 valence electrons. The zero-order chi connectivity index (χ0) is 24.7. The van der Waals surface area contributed by atoms with Crippen LogP contribution < -0.4 is 4.90 Å². The minimum Gasteiger partial charge on any atom is -0.462 e. The number of ether oxygens (including phenoxy) is 2. The molecule has 9 heteroatoms. The molecule has 0 bridgehead atoms. The quantitative estimate of drug-likeness (QED) is 0.256. The summed E-state index contributed by atoms with van der Waals surface area (Å²) in [6, 6.07) is 7.45. The molecule has 2 rings (SSSR count). The number of esters is 2. The lowest BCUT2D eigenvalue weighted by Gasteiger charge is -2.14. The molecule has 0 saturated heterocycles. The molecule has 1 aromatic heterocycles. The van der Waals surface area contributed by atoms with E-state index >= 15 is 0 Å². The third-order valence-electron chi connectivity index (χ3n) is 4.67. The molecule has 0 amide bonds. The number of thiophene rings is 1. The van der Waals surface area contributed by atoms with Crippen LogP contribution in [0.25, 0.3) is 6.08 Å². The van der Waals surface area contributed by atoms with Crippen LogP contribution in [-0.4, -0.2) is 45.0 Å². The number of allylic oxidation sites excluding steroid dienone is 1. The normalized spacial score (nSPS) is 11.0. The number of carbonyl (C=O) groups excluding carboxylic acids is 3. The van der Waals surface area contributed by atoms with Crippen LogP contribution in [0.3, 0.4) is 0 Å². The second kappa shape index (κ2) is 11.8. The molecule has 33 heavy (non-hydrogen) atoms. The van der Waals surface area contributed by atoms with Gasteiger partial charge in [-0.15, -0.1) is 11.3 Å². The van der Waals surface area contributed by atoms with E-state index < -0.39 is 17.7 Å². The molecule has 2 aromatic rings. The second-order valence-electron chi connectivity index (χ2n) is 7.17. The molecule has 1 heterocycles. The lowest BCUT2D eigenvalue weighted by molar-refractivity contribution is -0.114. The molecule has 0 radical (unpaired) electrons. The number of anilines is 1. The van der Waals surface area contributed by atoms with Crippen LogP contribution >= 0.6 is 27.3 Å². The molecule has 1 aromatic carbocycles. The van der Waals surface area contributed by atoms with E-state index in [1.165, 1.54) is 6.08 Å². The van der Waals surface area contributed by atoms with Gasteiger partial charge in [-0.25, -0.2) is 9.59 Å². The fourth-order valence-electron chi connectivity index (χ4n) is 3.12. The average Bonchev–Trinajstić information content (AvgIpc) is 3.07. The smallest absolute Gasteiger partial charge is 0.348 e. The summed E-state index contributed by atoms with van der Waals surface area (Å²) in [5.74, 6) is -1.64. The van der Waals surface area contributed by atoms with Crippen LogP contribution in [0.5, 0.6) is 0 Å². The second-order valence-corrected chi connectivity index (χ2v) is 9.13. The van der Waals surface area contributed by atoms with Gasteiger partial charge in [0.25, 0.3) is 0 Å². The maximum Gasteiger partial charge on any atom is 0.348 e. The summed E-state index contributed by atoms with van der Waals surface area (Å²) in [6.07, 6.45) is 1.29. The molecule has 0 aliphatic rings. The summed E-state index contributed by atoms with van der Waals surface area (Å²) < 4.78 is 11.0. The van der Waals surface area contributed by atoms with Crippen molar-refractivity contribution in [1.82, 2.24) is 0 Å². The Morgan fingerprint density at radius 3 is 2.33 bits per heavy atom. The molecule has 0 atom stereocenters. The van der Waals surface area contributed by atoms with E-state index in [1.54, 1.807) is 20.8 Å². The fraction of sp³-hybridized carbons (Fsp3) is 0.333. The standard InChI is InChI=1S/C24H25BrN2O5S/c1-6-31-23(29)21-14(3)22(24(30)32-7-2)33-20(21)12-19(28)16(13-26)10-15-8-9-18(27(4)5)17(25)11-15/h8-11H,6-7,12H2,1-5H3/b16-10+. The zero-order valence-corrected chi connectivity index (χ0v) is 21.6. The number of hydrogen-bond donors (Lipinski definition) is 0. The lowest BCUT2D eigenvalue weighted by Crippen LogP contribution is -2.12. The van der Waals surface area contributed by atoms with E-state index in [0.29, 0.717) is 16.0 Å². The summed E-state index contributed by atoms with van der Waals surface area (Å²) in [4.78, 5) is 40.4. The van der Waals surface area contributed by atoms with Crippen molar-refractivity contribution < 1.29 is 23.9 Å². The van der Waals surface area contributed by atoms with E-state index in [2.05, 4.69) is 15.9 Å². The van der Waals surface area contributed by atoms with E-state index in [4.69, 9.17) is 9.47 Å². The predicted molar refractivity (Wildman–Crippen MR) is 132 cm³/mol. The van der Waals surface area contributed by atoms with Gasteiger partial charge in [0.1, 0.15) is 10.9 Å². The van der Waals surface area contributed by atoms with Gasteiger partial charge < -0.3 is 14.4 Å². The fourth-order valence-corrected chi connectivity index (χ4v) is 5.05. The topological polar surface area (TPSA) is 96.7 Å². The highest BCUT2D eigenvalue weighted by molar-refractivity contribution is 9.10. The predicted octanol–water partition coefficient (Wildman–Crippen LogP) is 4.96. The molecule has 0 aliphatic carbocycles. The largest absolute Gasteiger partial charge is 0.462 e. The number of nitriles is 1. The van der Waals surface area contributed by atoms with Crippen LogP contribution in [0.2, 0.25) is 0 Å². The van der Waals surface area contributed by atoms with Gasteiger partial charge in [-0.2, -0.15) is 5.26 Å². The van der Waals surface area contributed by atoms with Crippen molar-refractivity contribution >= 4 is 56.8 Å².